The van der Waals surface area contributed by atoms with Crippen molar-refractivity contribution >= 4 is 29.0 Å². The molecule has 2 unspecified atom stereocenters. The fraction of sp³-hybridized carbons (Fsp3) is 0.529. The Bertz CT molecular complexity index is 782. The Balaban J connectivity index is 1.63. The summed E-state index contributed by atoms with van der Waals surface area (Å²) in [6.07, 6.45) is 8.00. The predicted octanol–water partition coefficient (Wildman–Crippen LogP) is 1.97. The molecule has 0 radical (unpaired) electrons. The standard InChI is InChI=1S/C17H21N5O2/c1-10-2-5-12(7-22(10)9-23)21-17-14-13(15(24)11-3-4-11)6-18-16(14)19-8-20-17/h6,8-12H,2-5,7H2,1H3,(H2,18,19,20,21). The Morgan fingerprint density at radius 2 is 2.17 bits per heavy atom. The van der Waals surface area contributed by atoms with Crippen LogP contribution in [0.4, 0.5) is 5.82 Å². The number of nitrogens with zero attached hydrogens (tertiary/aromatic N) is 3. The Morgan fingerprint density at radius 1 is 1.33 bits per heavy atom. The van der Waals surface area contributed by atoms with E-state index < -0.39 is 0 Å². The van der Waals surface area contributed by atoms with Gasteiger partial charge in [-0.25, -0.2) is 9.97 Å². The maximum Gasteiger partial charge on any atom is 0.210 e. The van der Waals surface area contributed by atoms with Gasteiger partial charge in [-0.1, -0.05) is 0 Å². The smallest absolute Gasteiger partial charge is 0.210 e. The summed E-state index contributed by atoms with van der Waals surface area (Å²) in [5.41, 5.74) is 1.35. The number of likely N-dealkylation sites (tertiary alicyclic amines) is 1. The summed E-state index contributed by atoms with van der Waals surface area (Å²) >= 11 is 0. The van der Waals surface area contributed by atoms with Crippen molar-refractivity contribution in [2.45, 2.75) is 44.7 Å². The summed E-state index contributed by atoms with van der Waals surface area (Å²) in [5, 5.41) is 4.19. The molecule has 1 aliphatic carbocycles. The van der Waals surface area contributed by atoms with Crippen LogP contribution in [0.1, 0.15) is 43.0 Å². The molecule has 1 aliphatic heterocycles. The molecule has 2 atom stereocenters. The highest BCUT2D eigenvalue weighted by Crippen LogP contribution is 2.36. The van der Waals surface area contributed by atoms with E-state index in [0.717, 1.165) is 37.5 Å². The number of carbonyl (C=O) groups excluding carboxylic acids is 2. The first-order valence-electron chi connectivity index (χ1n) is 8.51. The molecule has 7 nitrogen and oxygen atoms in total. The number of H-pyrrole nitrogens is 1. The zero-order valence-corrected chi connectivity index (χ0v) is 13.7. The summed E-state index contributed by atoms with van der Waals surface area (Å²) < 4.78 is 0. The van der Waals surface area contributed by atoms with Crippen molar-refractivity contribution in [3.63, 3.8) is 0 Å². The molecular weight excluding hydrogens is 306 g/mol. The molecule has 7 heteroatoms. The highest BCUT2D eigenvalue weighted by molar-refractivity contribution is 6.12. The lowest BCUT2D eigenvalue weighted by Gasteiger charge is -2.36. The van der Waals surface area contributed by atoms with Gasteiger partial charge >= 0.3 is 0 Å². The SMILES string of the molecule is CC1CCC(Nc2ncnc3[nH]cc(C(=O)C4CC4)c23)CN1C=O. The van der Waals surface area contributed by atoms with Crippen molar-refractivity contribution in [3.8, 4) is 0 Å². The van der Waals surface area contributed by atoms with Gasteiger partial charge in [0.25, 0.3) is 0 Å². The third kappa shape index (κ3) is 2.64. The third-order valence-corrected chi connectivity index (χ3v) is 5.09. The van der Waals surface area contributed by atoms with Crippen LogP contribution in [0.2, 0.25) is 0 Å². The van der Waals surface area contributed by atoms with Crippen molar-refractivity contribution in [2.24, 2.45) is 5.92 Å². The van der Waals surface area contributed by atoms with Gasteiger partial charge in [-0.3, -0.25) is 9.59 Å². The first kappa shape index (κ1) is 15.1. The highest BCUT2D eigenvalue weighted by Gasteiger charge is 2.33. The molecule has 2 aromatic rings. The molecule has 126 valence electrons. The second-order valence-electron chi connectivity index (χ2n) is 6.86. The number of fused-ring (bicyclic) bond motifs is 1. The Hall–Kier alpha value is -2.44. The van der Waals surface area contributed by atoms with Crippen molar-refractivity contribution in [1.29, 1.82) is 0 Å². The van der Waals surface area contributed by atoms with Crippen LogP contribution in [0.3, 0.4) is 0 Å². The largest absolute Gasteiger partial charge is 0.365 e. The first-order chi connectivity index (χ1) is 11.7. The summed E-state index contributed by atoms with van der Waals surface area (Å²) in [6.45, 7) is 2.71. The number of nitrogens with one attached hydrogen (secondary N) is 2. The van der Waals surface area contributed by atoms with Crippen LogP contribution in [0.5, 0.6) is 0 Å². The van der Waals surface area contributed by atoms with Crippen LogP contribution in [-0.2, 0) is 4.79 Å². The monoisotopic (exact) mass is 327 g/mol. The minimum Gasteiger partial charge on any atom is -0.365 e. The molecule has 2 aromatic heterocycles. The van der Waals surface area contributed by atoms with E-state index in [0.29, 0.717) is 23.6 Å². The minimum atomic E-state index is 0.128. The van der Waals surface area contributed by atoms with Gasteiger partial charge < -0.3 is 15.2 Å². The second kappa shape index (κ2) is 5.89. The summed E-state index contributed by atoms with van der Waals surface area (Å²) in [7, 11) is 0. The molecule has 1 saturated carbocycles. The Kier molecular flexibility index (Phi) is 3.70. The van der Waals surface area contributed by atoms with Gasteiger partial charge in [-0.2, -0.15) is 0 Å². The van der Waals surface area contributed by atoms with Gasteiger partial charge in [0, 0.05) is 36.3 Å². The highest BCUT2D eigenvalue weighted by atomic mass is 16.1. The molecule has 2 fully saturated rings. The van der Waals surface area contributed by atoms with Crippen LogP contribution in [0, 0.1) is 5.92 Å². The van der Waals surface area contributed by atoms with Crippen LogP contribution in [-0.4, -0.2) is 50.7 Å². The molecule has 0 aromatic carbocycles. The lowest BCUT2D eigenvalue weighted by Crippen LogP contribution is -2.46. The topological polar surface area (TPSA) is 91.0 Å². The summed E-state index contributed by atoms with van der Waals surface area (Å²) in [4.78, 5) is 37.2. The van der Waals surface area contributed by atoms with Crippen molar-refractivity contribution in [2.75, 3.05) is 11.9 Å². The second-order valence-corrected chi connectivity index (χ2v) is 6.86. The van der Waals surface area contributed by atoms with E-state index in [1.54, 1.807) is 6.20 Å². The molecule has 1 saturated heterocycles. The zero-order chi connectivity index (χ0) is 16.7. The average Bonchev–Trinajstić information content (AvgIpc) is 3.35. The zero-order valence-electron chi connectivity index (χ0n) is 13.7. The van der Waals surface area contributed by atoms with E-state index in [9.17, 15) is 9.59 Å². The maximum atomic E-state index is 12.5. The number of rotatable bonds is 5. The fourth-order valence-electron chi connectivity index (χ4n) is 3.42. The predicted molar refractivity (Wildman–Crippen MR) is 89.8 cm³/mol. The number of carbonyl (C=O) groups is 2. The summed E-state index contributed by atoms with van der Waals surface area (Å²) in [6, 6.07) is 0.397. The lowest BCUT2D eigenvalue weighted by molar-refractivity contribution is -0.121. The molecule has 24 heavy (non-hydrogen) atoms. The van der Waals surface area contributed by atoms with E-state index in [2.05, 4.69) is 27.2 Å². The molecule has 2 aliphatic rings. The molecule has 1 amide bonds. The molecule has 0 bridgehead atoms. The van der Waals surface area contributed by atoms with Gasteiger partial charge in [0.15, 0.2) is 5.78 Å². The van der Waals surface area contributed by atoms with E-state index in [-0.39, 0.29) is 23.8 Å². The van der Waals surface area contributed by atoms with Gasteiger partial charge in [0.2, 0.25) is 6.41 Å². The lowest BCUT2D eigenvalue weighted by atomic mass is 10.00. The van der Waals surface area contributed by atoms with E-state index >= 15 is 0 Å². The van der Waals surface area contributed by atoms with Crippen LogP contribution in [0.25, 0.3) is 11.0 Å². The number of aromatic nitrogens is 3. The van der Waals surface area contributed by atoms with Crippen molar-refractivity contribution in [3.05, 3.63) is 18.1 Å². The van der Waals surface area contributed by atoms with Crippen LogP contribution >= 0.6 is 0 Å². The molecule has 3 heterocycles. The number of anilines is 1. The quantitative estimate of drug-likeness (QED) is 0.647. The average molecular weight is 327 g/mol. The van der Waals surface area contributed by atoms with Crippen LogP contribution < -0.4 is 5.32 Å². The fourth-order valence-corrected chi connectivity index (χ4v) is 3.42. The van der Waals surface area contributed by atoms with Gasteiger partial charge in [-0.15, -0.1) is 0 Å². The number of Topliss-reactive ketones (excluding diaryl/α,β-unsaturated/α-hetero) is 1. The number of hydrogen-bond donors (Lipinski definition) is 2. The first-order valence-corrected chi connectivity index (χ1v) is 8.51. The van der Waals surface area contributed by atoms with Gasteiger partial charge in [-0.05, 0) is 32.6 Å². The molecule has 4 rings (SSSR count). The number of aromatic amines is 1. The van der Waals surface area contributed by atoms with E-state index in [1.165, 1.54) is 6.33 Å². The normalized spacial score (nSPS) is 24.1. The number of hydrogen-bond acceptors (Lipinski definition) is 5. The number of piperidine rings is 1. The van der Waals surface area contributed by atoms with Crippen LogP contribution in [0.15, 0.2) is 12.5 Å². The number of ketones is 1. The van der Waals surface area contributed by atoms with Crippen molar-refractivity contribution < 1.29 is 9.59 Å². The molecular formula is C17H21N5O2. The van der Waals surface area contributed by atoms with Gasteiger partial charge in [0.1, 0.15) is 17.8 Å². The maximum absolute atomic E-state index is 12.5. The minimum absolute atomic E-state index is 0.128. The summed E-state index contributed by atoms with van der Waals surface area (Å²) in [5.74, 6) is 1.000. The van der Waals surface area contributed by atoms with Gasteiger partial charge in [0.05, 0.1) is 5.39 Å². The van der Waals surface area contributed by atoms with E-state index in [1.807, 2.05) is 4.90 Å². The number of amides is 1. The van der Waals surface area contributed by atoms with E-state index in [4.69, 9.17) is 0 Å². The Labute approximate surface area is 139 Å². The van der Waals surface area contributed by atoms with Crippen molar-refractivity contribution in [1.82, 2.24) is 19.9 Å². The third-order valence-electron chi connectivity index (χ3n) is 5.09. The Morgan fingerprint density at radius 3 is 2.92 bits per heavy atom. The molecule has 0 spiro atoms. The molecule has 2 N–H and O–H groups in total.